The molecule has 3 N–H and O–H groups in total. The topological polar surface area (TPSA) is 131 Å². The quantitative estimate of drug-likeness (QED) is 0.331. The largest absolute Gasteiger partial charge is 0.707 e. The first-order valence-electron chi connectivity index (χ1n) is 10.8. The van der Waals surface area contributed by atoms with E-state index < -0.39 is 23.3 Å². The van der Waals surface area contributed by atoms with Crippen molar-refractivity contribution in [1.29, 1.82) is 0 Å². The van der Waals surface area contributed by atoms with Crippen LogP contribution < -0.4 is 14.1 Å². The lowest BCUT2D eigenvalue weighted by Gasteiger charge is -2.24. The Balaban J connectivity index is 1.63. The molecule has 0 saturated heterocycles. The highest BCUT2D eigenvalue weighted by molar-refractivity contribution is 7.90. The predicted octanol–water partition coefficient (Wildman–Crippen LogP) is 2.02. The molecule has 1 amide bonds. The fourth-order valence-corrected chi connectivity index (χ4v) is 4.36. The van der Waals surface area contributed by atoms with Gasteiger partial charge in [0.25, 0.3) is 5.91 Å². The van der Waals surface area contributed by atoms with Crippen molar-refractivity contribution >= 4 is 23.3 Å². The van der Waals surface area contributed by atoms with Gasteiger partial charge >= 0.3 is 7.32 Å². The lowest BCUT2D eigenvalue weighted by Crippen LogP contribution is -2.34. The van der Waals surface area contributed by atoms with Gasteiger partial charge in [0.05, 0.1) is 30.6 Å². The van der Waals surface area contributed by atoms with Crippen molar-refractivity contribution in [2.45, 2.75) is 44.8 Å². The highest BCUT2D eigenvalue weighted by Crippen LogP contribution is 2.30. The van der Waals surface area contributed by atoms with Crippen LogP contribution >= 0.6 is 0 Å². The Morgan fingerprint density at radius 3 is 2.48 bits per heavy atom. The van der Waals surface area contributed by atoms with Crippen molar-refractivity contribution in [2.24, 2.45) is 0 Å². The highest BCUT2D eigenvalue weighted by Gasteiger charge is 2.24. The SMILES string of the molecule is O=C(NS(=O)(=O)CCOCc1ccccc1)c1ccc(OB(O)O)cc1OC1CCCCC1. The van der Waals surface area contributed by atoms with E-state index in [2.05, 4.69) is 0 Å². The number of sulfonamides is 1. The number of ether oxygens (including phenoxy) is 2. The Labute approximate surface area is 193 Å². The van der Waals surface area contributed by atoms with E-state index in [0.29, 0.717) is 0 Å². The average molecular weight is 477 g/mol. The molecule has 9 nitrogen and oxygen atoms in total. The molecule has 11 heteroatoms. The highest BCUT2D eigenvalue weighted by atomic mass is 32.2. The first-order chi connectivity index (χ1) is 15.8. The van der Waals surface area contributed by atoms with E-state index in [-0.39, 0.29) is 42.1 Å². The van der Waals surface area contributed by atoms with Gasteiger partial charge in [-0.2, -0.15) is 0 Å². The molecule has 1 aliphatic rings. The van der Waals surface area contributed by atoms with Gasteiger partial charge in [-0.05, 0) is 43.4 Å². The molecule has 178 valence electrons. The van der Waals surface area contributed by atoms with Crippen LogP contribution in [0.1, 0.15) is 48.0 Å². The number of carbonyl (C=O) groups excluding carboxylic acids is 1. The molecule has 0 heterocycles. The fourth-order valence-electron chi connectivity index (χ4n) is 3.53. The maximum atomic E-state index is 12.8. The molecule has 1 aliphatic carbocycles. The molecule has 0 radical (unpaired) electrons. The van der Waals surface area contributed by atoms with Crippen molar-refractivity contribution < 1.29 is 37.4 Å². The molecule has 33 heavy (non-hydrogen) atoms. The van der Waals surface area contributed by atoms with Gasteiger partial charge in [0.15, 0.2) is 0 Å². The fraction of sp³-hybridized carbons (Fsp3) is 0.409. The number of rotatable bonds is 11. The molecule has 0 aromatic heterocycles. The van der Waals surface area contributed by atoms with E-state index in [0.717, 1.165) is 37.7 Å². The average Bonchev–Trinajstić information content (AvgIpc) is 2.77. The molecule has 0 spiro atoms. The van der Waals surface area contributed by atoms with Crippen LogP contribution in [0, 0.1) is 0 Å². The van der Waals surface area contributed by atoms with Crippen molar-refractivity contribution in [2.75, 3.05) is 12.4 Å². The molecule has 2 aromatic carbocycles. The van der Waals surface area contributed by atoms with Crippen LogP contribution in [0.2, 0.25) is 0 Å². The van der Waals surface area contributed by atoms with Gasteiger partial charge in [0, 0.05) is 6.07 Å². The third-order valence-corrected chi connectivity index (χ3v) is 6.34. The van der Waals surface area contributed by atoms with Gasteiger partial charge < -0.3 is 24.2 Å². The van der Waals surface area contributed by atoms with Crippen molar-refractivity contribution in [3.05, 3.63) is 59.7 Å². The molecule has 0 aliphatic heterocycles. The molecule has 0 unspecified atom stereocenters. The summed E-state index contributed by atoms with van der Waals surface area (Å²) < 4.78 is 43.0. The smallest absolute Gasteiger partial charge is 0.512 e. The van der Waals surface area contributed by atoms with E-state index in [4.69, 9.17) is 24.2 Å². The normalized spacial score (nSPS) is 14.5. The molecular formula is C22H28BNO8S. The molecular weight excluding hydrogens is 449 g/mol. The second kappa shape index (κ2) is 12.0. The van der Waals surface area contributed by atoms with Crippen LogP contribution in [0.15, 0.2) is 48.5 Å². The summed E-state index contributed by atoms with van der Waals surface area (Å²) in [5, 5.41) is 18.1. The Hall–Kier alpha value is -2.60. The Morgan fingerprint density at radius 1 is 1.06 bits per heavy atom. The van der Waals surface area contributed by atoms with Crippen molar-refractivity contribution in [3.63, 3.8) is 0 Å². The number of nitrogens with one attached hydrogen (secondary N) is 1. The van der Waals surface area contributed by atoms with Crippen LogP contribution in [-0.4, -0.2) is 50.2 Å². The van der Waals surface area contributed by atoms with Crippen molar-refractivity contribution in [3.8, 4) is 11.5 Å². The summed E-state index contributed by atoms with van der Waals surface area (Å²) in [5.74, 6) is -1.04. The molecule has 0 bridgehead atoms. The molecule has 1 fully saturated rings. The minimum absolute atomic E-state index is 0.00846. The second-order valence-corrected chi connectivity index (χ2v) is 9.61. The number of hydrogen-bond acceptors (Lipinski definition) is 8. The number of carbonyl (C=O) groups is 1. The lowest BCUT2D eigenvalue weighted by molar-refractivity contribution is 0.0968. The molecule has 3 rings (SSSR count). The molecule has 0 atom stereocenters. The standard InChI is InChI=1S/C22H28BNO8S/c25-22(24-33(28,29)14-13-30-16-17-7-3-1-4-8-17)20-12-11-19(32-23(26)27)15-21(20)31-18-9-5-2-6-10-18/h1,3-4,7-8,11-12,15,18,26-27H,2,5-6,9-10,13-14,16H2,(H,24,25). The molecule has 2 aromatic rings. The van der Waals surface area contributed by atoms with E-state index in [9.17, 15) is 13.2 Å². The zero-order valence-corrected chi connectivity index (χ0v) is 19.0. The summed E-state index contributed by atoms with van der Waals surface area (Å²) in [6, 6.07) is 13.3. The third-order valence-electron chi connectivity index (χ3n) is 5.14. The van der Waals surface area contributed by atoms with Crippen LogP contribution in [0.5, 0.6) is 11.5 Å². The van der Waals surface area contributed by atoms with E-state index >= 15 is 0 Å². The summed E-state index contributed by atoms with van der Waals surface area (Å²) >= 11 is 0. The first kappa shape index (κ1) is 25.0. The van der Waals surface area contributed by atoms with E-state index in [1.165, 1.54) is 18.2 Å². The van der Waals surface area contributed by atoms with Crippen LogP contribution in [0.25, 0.3) is 0 Å². The minimum Gasteiger partial charge on any atom is -0.512 e. The van der Waals surface area contributed by atoms with Gasteiger partial charge in [0.1, 0.15) is 11.5 Å². The maximum Gasteiger partial charge on any atom is 0.707 e. The summed E-state index contributed by atoms with van der Waals surface area (Å²) in [6.07, 6.45) is 4.60. The van der Waals surface area contributed by atoms with Gasteiger partial charge in [0.2, 0.25) is 10.0 Å². The zero-order valence-electron chi connectivity index (χ0n) is 18.2. The third kappa shape index (κ3) is 8.36. The second-order valence-electron chi connectivity index (χ2n) is 7.77. The summed E-state index contributed by atoms with van der Waals surface area (Å²) in [4.78, 5) is 12.8. The van der Waals surface area contributed by atoms with Crippen LogP contribution in [-0.2, 0) is 21.4 Å². The molecule has 1 saturated carbocycles. The van der Waals surface area contributed by atoms with Gasteiger partial charge in [-0.25, -0.2) is 13.1 Å². The zero-order chi connectivity index (χ0) is 23.7. The lowest BCUT2D eigenvalue weighted by atomic mass is 9.97. The van der Waals surface area contributed by atoms with E-state index in [1.54, 1.807) is 0 Å². The van der Waals surface area contributed by atoms with Gasteiger partial charge in [-0.3, -0.25) is 4.79 Å². The number of amides is 1. The predicted molar refractivity (Wildman–Crippen MR) is 122 cm³/mol. The van der Waals surface area contributed by atoms with Gasteiger partial charge in [-0.15, -0.1) is 0 Å². The van der Waals surface area contributed by atoms with Crippen LogP contribution in [0.3, 0.4) is 0 Å². The van der Waals surface area contributed by atoms with Gasteiger partial charge in [-0.1, -0.05) is 36.8 Å². The number of hydrogen-bond donors (Lipinski definition) is 3. The summed E-state index contributed by atoms with van der Waals surface area (Å²) in [6.45, 7) is 0.186. The Kier molecular flexibility index (Phi) is 9.13. The Bertz CT molecular complexity index is 1010. The minimum atomic E-state index is -3.95. The summed E-state index contributed by atoms with van der Waals surface area (Å²) in [5.41, 5.74) is 0.924. The summed E-state index contributed by atoms with van der Waals surface area (Å²) in [7, 11) is -5.99. The number of benzene rings is 2. The maximum absolute atomic E-state index is 12.8. The van der Waals surface area contributed by atoms with E-state index in [1.807, 2.05) is 35.1 Å². The Morgan fingerprint density at radius 2 is 1.79 bits per heavy atom. The monoisotopic (exact) mass is 477 g/mol. The van der Waals surface area contributed by atoms with Crippen LogP contribution in [0.4, 0.5) is 0 Å². The van der Waals surface area contributed by atoms with Crippen molar-refractivity contribution in [1.82, 2.24) is 4.72 Å². The first-order valence-corrected chi connectivity index (χ1v) is 12.5.